The van der Waals surface area contributed by atoms with Gasteiger partial charge in [0.25, 0.3) is 0 Å². The van der Waals surface area contributed by atoms with Gasteiger partial charge in [-0.3, -0.25) is 0 Å². The number of alkyl halides is 1. The maximum absolute atomic E-state index is 13.5. The van der Waals surface area contributed by atoms with Gasteiger partial charge >= 0.3 is 6.09 Å². The van der Waals surface area contributed by atoms with E-state index in [9.17, 15) is 9.18 Å². The molecular weight excluding hydrogens is 361 g/mol. The summed E-state index contributed by atoms with van der Waals surface area (Å²) in [6, 6.07) is 4.08. The molecule has 0 aliphatic carbocycles. The van der Waals surface area contributed by atoms with Crippen molar-refractivity contribution in [2.75, 3.05) is 19.0 Å². The standard InChI is InChI=1S/C18H25ClFN3O3/c1-18(2,3)26-17(24)23-8-6-13(7-9-23)25-15-5-4-12(20)10-14(15)22-16(21)11-19/h4-5,10,13H,6-9,11H2,1-3H3,(H2,21,22). The van der Waals surface area contributed by atoms with Crippen LogP contribution < -0.4 is 10.5 Å². The number of carbonyl (C=O) groups is 1. The summed E-state index contributed by atoms with van der Waals surface area (Å²) in [5.74, 6) is 0.236. The van der Waals surface area contributed by atoms with Crippen LogP contribution in [-0.4, -0.2) is 47.5 Å². The van der Waals surface area contributed by atoms with Crippen LogP contribution >= 0.6 is 11.6 Å². The number of nitrogens with zero attached hydrogens (tertiary/aromatic N) is 2. The van der Waals surface area contributed by atoms with E-state index in [1.165, 1.54) is 18.2 Å². The number of likely N-dealkylation sites (tertiary alicyclic amines) is 1. The molecule has 0 radical (unpaired) electrons. The molecule has 0 unspecified atom stereocenters. The second-order valence-corrected chi connectivity index (χ2v) is 7.40. The summed E-state index contributed by atoms with van der Waals surface area (Å²) < 4.78 is 24.8. The Labute approximate surface area is 158 Å². The molecule has 0 spiro atoms. The van der Waals surface area contributed by atoms with E-state index in [4.69, 9.17) is 26.8 Å². The third kappa shape index (κ3) is 6.05. The minimum Gasteiger partial charge on any atom is -0.488 e. The number of hydrogen-bond donors (Lipinski definition) is 1. The van der Waals surface area contributed by atoms with Crippen LogP contribution in [0.25, 0.3) is 0 Å². The van der Waals surface area contributed by atoms with Crippen LogP contribution in [0.4, 0.5) is 14.9 Å². The van der Waals surface area contributed by atoms with Crippen LogP contribution in [0, 0.1) is 5.82 Å². The van der Waals surface area contributed by atoms with Crippen molar-refractivity contribution in [3.8, 4) is 5.75 Å². The Kier molecular flexibility index (Phi) is 6.69. The quantitative estimate of drug-likeness (QED) is 0.485. The third-order valence-electron chi connectivity index (χ3n) is 3.71. The predicted molar refractivity (Wildman–Crippen MR) is 99.9 cm³/mol. The van der Waals surface area contributed by atoms with E-state index < -0.39 is 11.4 Å². The number of amides is 1. The Balaban J connectivity index is 1.98. The lowest BCUT2D eigenvalue weighted by Crippen LogP contribution is -2.44. The van der Waals surface area contributed by atoms with Crippen molar-refractivity contribution in [3.05, 3.63) is 24.0 Å². The zero-order valence-electron chi connectivity index (χ0n) is 15.3. The Morgan fingerprint density at radius 2 is 2.04 bits per heavy atom. The summed E-state index contributed by atoms with van der Waals surface area (Å²) in [5, 5.41) is 0. The third-order valence-corrected chi connectivity index (χ3v) is 3.98. The highest BCUT2D eigenvalue weighted by molar-refractivity contribution is 6.28. The van der Waals surface area contributed by atoms with Gasteiger partial charge in [0.1, 0.15) is 34.8 Å². The summed E-state index contributed by atoms with van der Waals surface area (Å²) in [5.41, 5.74) is 5.42. The molecule has 0 bridgehead atoms. The molecule has 1 aromatic rings. The molecule has 0 saturated carbocycles. The number of nitrogens with two attached hydrogens (primary N) is 1. The first kappa shape index (κ1) is 20.3. The molecule has 1 fully saturated rings. The van der Waals surface area contributed by atoms with Crippen LogP contribution in [0.2, 0.25) is 0 Å². The van der Waals surface area contributed by atoms with Gasteiger partial charge in [-0.1, -0.05) is 0 Å². The fourth-order valence-electron chi connectivity index (χ4n) is 2.52. The second-order valence-electron chi connectivity index (χ2n) is 7.13. The lowest BCUT2D eigenvalue weighted by Gasteiger charge is -2.33. The lowest BCUT2D eigenvalue weighted by atomic mass is 10.1. The minimum atomic E-state index is -0.520. The number of halogens is 2. The molecule has 26 heavy (non-hydrogen) atoms. The highest BCUT2D eigenvalue weighted by Crippen LogP contribution is 2.31. The van der Waals surface area contributed by atoms with E-state index in [2.05, 4.69) is 4.99 Å². The summed E-state index contributed by atoms with van der Waals surface area (Å²) in [7, 11) is 0. The van der Waals surface area contributed by atoms with E-state index in [0.717, 1.165) is 0 Å². The van der Waals surface area contributed by atoms with Crippen molar-refractivity contribution in [2.24, 2.45) is 10.7 Å². The fourth-order valence-corrected chi connectivity index (χ4v) is 2.58. The van der Waals surface area contributed by atoms with Crippen molar-refractivity contribution in [3.63, 3.8) is 0 Å². The van der Waals surface area contributed by atoms with Gasteiger partial charge < -0.3 is 20.1 Å². The number of piperidine rings is 1. The molecule has 1 heterocycles. The molecule has 0 atom stereocenters. The van der Waals surface area contributed by atoms with Crippen LogP contribution in [0.5, 0.6) is 5.75 Å². The van der Waals surface area contributed by atoms with Gasteiger partial charge in [-0.2, -0.15) is 0 Å². The highest BCUT2D eigenvalue weighted by atomic mass is 35.5. The zero-order valence-corrected chi connectivity index (χ0v) is 16.1. The molecule has 2 N–H and O–H groups in total. The van der Waals surface area contributed by atoms with Gasteiger partial charge in [0, 0.05) is 32.0 Å². The number of amidine groups is 1. The van der Waals surface area contributed by atoms with Gasteiger partial charge in [-0.15, -0.1) is 11.6 Å². The monoisotopic (exact) mass is 385 g/mol. The maximum Gasteiger partial charge on any atom is 0.410 e. The first-order chi connectivity index (χ1) is 12.2. The van der Waals surface area contributed by atoms with Gasteiger partial charge in [0.05, 0.1) is 5.88 Å². The van der Waals surface area contributed by atoms with E-state index in [-0.39, 0.29) is 23.9 Å². The van der Waals surface area contributed by atoms with Crippen molar-refractivity contribution in [1.29, 1.82) is 0 Å². The summed E-state index contributed by atoms with van der Waals surface area (Å²) in [6.45, 7) is 6.57. The summed E-state index contributed by atoms with van der Waals surface area (Å²) >= 11 is 5.64. The fraction of sp³-hybridized carbons (Fsp3) is 0.556. The van der Waals surface area contributed by atoms with Crippen LogP contribution in [0.15, 0.2) is 23.2 Å². The molecular formula is C18H25ClFN3O3. The first-order valence-corrected chi connectivity index (χ1v) is 9.04. The van der Waals surface area contributed by atoms with Gasteiger partial charge in [0.15, 0.2) is 0 Å². The second kappa shape index (κ2) is 8.58. The molecule has 1 amide bonds. The van der Waals surface area contributed by atoms with E-state index in [1.807, 2.05) is 20.8 Å². The average Bonchev–Trinajstić information content (AvgIpc) is 2.56. The number of benzene rings is 1. The van der Waals surface area contributed by atoms with E-state index >= 15 is 0 Å². The highest BCUT2D eigenvalue weighted by Gasteiger charge is 2.28. The maximum atomic E-state index is 13.5. The molecule has 8 heteroatoms. The predicted octanol–water partition coefficient (Wildman–Crippen LogP) is 3.83. The molecule has 144 valence electrons. The molecule has 1 aromatic carbocycles. The Hall–Kier alpha value is -2.02. The lowest BCUT2D eigenvalue weighted by molar-refractivity contribution is 0.0127. The Bertz CT molecular complexity index is 668. The molecule has 1 aliphatic heterocycles. The van der Waals surface area contributed by atoms with E-state index in [1.54, 1.807) is 4.90 Å². The van der Waals surface area contributed by atoms with Crippen LogP contribution in [0.1, 0.15) is 33.6 Å². The topological polar surface area (TPSA) is 77.1 Å². The number of aliphatic imine (C=N–C) groups is 1. The number of ether oxygens (including phenoxy) is 2. The average molecular weight is 386 g/mol. The van der Waals surface area contributed by atoms with Crippen molar-refractivity contribution in [1.82, 2.24) is 4.90 Å². The Morgan fingerprint density at radius 1 is 1.38 bits per heavy atom. The van der Waals surface area contributed by atoms with Crippen molar-refractivity contribution >= 4 is 29.2 Å². The first-order valence-electron chi connectivity index (χ1n) is 8.51. The zero-order chi connectivity index (χ0) is 19.3. The molecule has 6 nitrogen and oxygen atoms in total. The smallest absolute Gasteiger partial charge is 0.410 e. The number of carbonyl (C=O) groups excluding carboxylic acids is 1. The van der Waals surface area contributed by atoms with Crippen LogP contribution in [-0.2, 0) is 4.74 Å². The number of rotatable bonds is 4. The molecule has 2 rings (SSSR count). The normalized spacial score (nSPS) is 16.5. The minimum absolute atomic E-state index is 0.0459. The Morgan fingerprint density at radius 3 is 2.62 bits per heavy atom. The molecule has 1 aliphatic rings. The van der Waals surface area contributed by atoms with Gasteiger partial charge in [0.2, 0.25) is 0 Å². The van der Waals surface area contributed by atoms with Crippen molar-refractivity contribution in [2.45, 2.75) is 45.3 Å². The van der Waals surface area contributed by atoms with Gasteiger partial charge in [-0.25, -0.2) is 14.2 Å². The SMILES string of the molecule is CC(C)(C)OC(=O)N1CCC(Oc2ccc(F)cc2N=C(N)CCl)CC1. The van der Waals surface area contributed by atoms with Crippen molar-refractivity contribution < 1.29 is 18.7 Å². The molecule has 1 saturated heterocycles. The van der Waals surface area contributed by atoms with Crippen LogP contribution in [0.3, 0.4) is 0 Å². The number of hydrogen-bond acceptors (Lipinski definition) is 4. The summed E-state index contributed by atoms with van der Waals surface area (Å²) in [6.07, 6.45) is 0.860. The molecule has 0 aromatic heterocycles. The van der Waals surface area contributed by atoms with Gasteiger partial charge in [-0.05, 0) is 32.9 Å². The summed E-state index contributed by atoms with van der Waals surface area (Å²) in [4.78, 5) is 17.9. The van der Waals surface area contributed by atoms with E-state index in [0.29, 0.717) is 37.4 Å². The largest absolute Gasteiger partial charge is 0.488 e.